The van der Waals surface area contributed by atoms with Crippen molar-refractivity contribution in [1.82, 2.24) is 4.90 Å². The number of benzene rings is 1. The van der Waals surface area contributed by atoms with Crippen LogP contribution in [0, 0.1) is 0 Å². The van der Waals surface area contributed by atoms with Crippen LogP contribution in [0.2, 0.25) is 0 Å². The van der Waals surface area contributed by atoms with E-state index < -0.39 is 0 Å². The molecule has 0 saturated heterocycles. The van der Waals surface area contributed by atoms with Gasteiger partial charge in [-0.3, -0.25) is 0 Å². The topological polar surface area (TPSA) is 12.5 Å². The molecule has 0 radical (unpaired) electrons. The first-order valence-electron chi connectivity index (χ1n) is 6.40. The van der Waals surface area contributed by atoms with Crippen molar-refractivity contribution < 1.29 is 4.74 Å². The third-order valence-corrected chi connectivity index (χ3v) is 2.83. The van der Waals surface area contributed by atoms with E-state index in [1.807, 2.05) is 19.9 Å². The van der Waals surface area contributed by atoms with Gasteiger partial charge in [0.25, 0.3) is 0 Å². The van der Waals surface area contributed by atoms with Crippen LogP contribution in [0.5, 0.6) is 5.75 Å². The van der Waals surface area contributed by atoms with Crippen LogP contribution in [0.1, 0.15) is 25.0 Å². The molecular weight excluding hydrogens is 222 g/mol. The summed E-state index contributed by atoms with van der Waals surface area (Å²) in [7, 11) is 4.16. The number of hydrogen-bond donors (Lipinski definition) is 0. The molecule has 0 unspecified atom stereocenters. The van der Waals surface area contributed by atoms with Crippen molar-refractivity contribution in [3.8, 4) is 5.75 Å². The van der Waals surface area contributed by atoms with Crippen LogP contribution >= 0.6 is 0 Å². The summed E-state index contributed by atoms with van der Waals surface area (Å²) in [6, 6.07) is 6.30. The zero-order valence-corrected chi connectivity index (χ0v) is 11.6. The van der Waals surface area contributed by atoms with Crippen LogP contribution < -0.4 is 4.74 Å². The van der Waals surface area contributed by atoms with E-state index in [4.69, 9.17) is 4.74 Å². The summed E-state index contributed by atoms with van der Waals surface area (Å²) >= 11 is 0. The molecule has 0 saturated carbocycles. The highest BCUT2D eigenvalue weighted by Gasteiger charge is 2.11. The quantitative estimate of drug-likeness (QED) is 0.803. The van der Waals surface area contributed by atoms with E-state index in [0.29, 0.717) is 0 Å². The minimum atomic E-state index is 0.214. The largest absolute Gasteiger partial charge is 0.491 e. The third-order valence-electron chi connectivity index (χ3n) is 2.83. The van der Waals surface area contributed by atoms with Gasteiger partial charge in [-0.25, -0.2) is 0 Å². The summed E-state index contributed by atoms with van der Waals surface area (Å²) in [6.45, 7) is 5.05. The van der Waals surface area contributed by atoms with E-state index in [2.05, 4.69) is 49.4 Å². The predicted octanol–water partition coefficient (Wildman–Crippen LogP) is 3.45. The zero-order valence-electron chi connectivity index (χ0n) is 11.6. The Morgan fingerprint density at radius 2 is 2.00 bits per heavy atom. The molecule has 2 nitrogen and oxygen atoms in total. The summed E-state index contributed by atoms with van der Waals surface area (Å²) < 4.78 is 5.75. The molecule has 1 aliphatic rings. The molecule has 1 aromatic rings. The summed E-state index contributed by atoms with van der Waals surface area (Å²) in [5.41, 5.74) is 3.83. The first-order valence-corrected chi connectivity index (χ1v) is 6.40. The van der Waals surface area contributed by atoms with Crippen LogP contribution in [-0.2, 0) is 0 Å². The highest BCUT2D eigenvalue weighted by atomic mass is 16.5. The fourth-order valence-electron chi connectivity index (χ4n) is 2.00. The van der Waals surface area contributed by atoms with Gasteiger partial charge in [0.2, 0.25) is 0 Å². The Morgan fingerprint density at radius 1 is 1.22 bits per heavy atom. The van der Waals surface area contributed by atoms with E-state index in [1.54, 1.807) is 0 Å². The van der Waals surface area contributed by atoms with Crippen molar-refractivity contribution in [3.63, 3.8) is 0 Å². The molecule has 0 aliphatic heterocycles. The Kier molecular flexibility index (Phi) is 3.87. The van der Waals surface area contributed by atoms with Crippen LogP contribution in [0.25, 0.3) is 11.6 Å². The lowest BCUT2D eigenvalue weighted by atomic mass is 10.1. The highest BCUT2D eigenvalue weighted by Crippen LogP contribution is 2.32. The Hall–Kier alpha value is -1.54. The Labute approximate surface area is 110 Å². The zero-order chi connectivity index (χ0) is 13.1. The molecule has 0 N–H and O–H groups in total. The fraction of sp³-hybridized carbons (Fsp3) is 0.375. The maximum Gasteiger partial charge on any atom is 0.120 e. The van der Waals surface area contributed by atoms with E-state index in [0.717, 1.165) is 12.3 Å². The standard InChI is InChI=1S/C16H21NO/c1-12(2)18-15-8-7-13-5-6-14(16(13)11-15)9-10-17(3)4/h5-9,11-12H,10H2,1-4H3/b14-9+. The van der Waals surface area contributed by atoms with Gasteiger partial charge < -0.3 is 9.64 Å². The third kappa shape index (κ3) is 3.02. The number of fused-ring (bicyclic) bond motifs is 1. The molecule has 0 heterocycles. The summed E-state index contributed by atoms with van der Waals surface area (Å²) in [5, 5.41) is 0. The van der Waals surface area contributed by atoms with Gasteiger partial charge in [-0.05, 0) is 56.8 Å². The molecule has 1 aliphatic carbocycles. The Bertz CT molecular complexity index is 484. The maximum absolute atomic E-state index is 5.75. The van der Waals surface area contributed by atoms with E-state index >= 15 is 0 Å². The minimum absolute atomic E-state index is 0.214. The first-order chi connectivity index (χ1) is 8.56. The van der Waals surface area contributed by atoms with Crippen molar-refractivity contribution in [1.29, 1.82) is 0 Å². The van der Waals surface area contributed by atoms with Gasteiger partial charge >= 0.3 is 0 Å². The van der Waals surface area contributed by atoms with Crippen LogP contribution in [0.15, 0.2) is 30.4 Å². The van der Waals surface area contributed by atoms with E-state index in [-0.39, 0.29) is 6.10 Å². The van der Waals surface area contributed by atoms with Crippen molar-refractivity contribution in [3.05, 3.63) is 41.5 Å². The van der Waals surface area contributed by atoms with E-state index in [9.17, 15) is 0 Å². The first kappa shape index (κ1) is 12.9. The van der Waals surface area contributed by atoms with Crippen LogP contribution in [0.4, 0.5) is 0 Å². The van der Waals surface area contributed by atoms with Gasteiger partial charge in [-0.15, -0.1) is 0 Å². The molecule has 0 aromatic heterocycles. The smallest absolute Gasteiger partial charge is 0.120 e. The molecule has 1 aromatic carbocycles. The van der Waals surface area contributed by atoms with Gasteiger partial charge in [-0.1, -0.05) is 24.3 Å². The van der Waals surface area contributed by atoms with Gasteiger partial charge in [0.15, 0.2) is 0 Å². The molecule has 0 fully saturated rings. The molecule has 2 heteroatoms. The molecule has 0 spiro atoms. The Morgan fingerprint density at radius 3 is 2.67 bits per heavy atom. The Balaban J connectivity index is 2.24. The number of nitrogens with zero attached hydrogens (tertiary/aromatic N) is 1. The maximum atomic E-state index is 5.75. The second-order valence-electron chi connectivity index (χ2n) is 5.17. The van der Waals surface area contributed by atoms with Gasteiger partial charge in [0.1, 0.15) is 5.75 Å². The lowest BCUT2D eigenvalue weighted by Gasteiger charge is -2.12. The fourth-order valence-corrected chi connectivity index (χ4v) is 2.00. The molecule has 0 bridgehead atoms. The van der Waals surface area contributed by atoms with Gasteiger partial charge in [-0.2, -0.15) is 0 Å². The average Bonchev–Trinajstić information content (AvgIpc) is 2.68. The average molecular weight is 243 g/mol. The van der Waals surface area contributed by atoms with Crippen molar-refractivity contribution in [2.75, 3.05) is 20.6 Å². The lowest BCUT2D eigenvalue weighted by Crippen LogP contribution is -2.10. The minimum Gasteiger partial charge on any atom is -0.491 e. The summed E-state index contributed by atoms with van der Waals surface area (Å²) in [5.74, 6) is 0.947. The molecule has 2 rings (SSSR count). The molecule has 0 amide bonds. The monoisotopic (exact) mass is 243 g/mol. The summed E-state index contributed by atoms with van der Waals surface area (Å²) in [6.07, 6.45) is 6.80. The van der Waals surface area contributed by atoms with Crippen LogP contribution in [0.3, 0.4) is 0 Å². The predicted molar refractivity (Wildman–Crippen MR) is 77.8 cm³/mol. The van der Waals surface area contributed by atoms with Gasteiger partial charge in [0, 0.05) is 6.54 Å². The summed E-state index contributed by atoms with van der Waals surface area (Å²) in [4.78, 5) is 2.16. The molecule has 0 atom stereocenters. The number of rotatable bonds is 4. The number of likely N-dealkylation sites (N-methyl/N-ethyl adjacent to an activating group) is 1. The lowest BCUT2D eigenvalue weighted by molar-refractivity contribution is 0.242. The second kappa shape index (κ2) is 5.40. The normalized spacial score (nSPS) is 15.8. The van der Waals surface area contributed by atoms with Crippen molar-refractivity contribution in [2.24, 2.45) is 0 Å². The highest BCUT2D eigenvalue weighted by molar-refractivity contribution is 5.90. The SMILES string of the molecule is CC(C)Oc1ccc2c(c1)/C(=C/CN(C)C)C=C2. The molecule has 96 valence electrons. The number of allylic oxidation sites excluding steroid dienone is 2. The second-order valence-corrected chi connectivity index (χ2v) is 5.17. The van der Waals surface area contributed by atoms with Crippen molar-refractivity contribution >= 4 is 11.6 Å². The van der Waals surface area contributed by atoms with Crippen LogP contribution in [-0.4, -0.2) is 31.6 Å². The number of ether oxygens (including phenoxy) is 1. The van der Waals surface area contributed by atoms with E-state index in [1.165, 1.54) is 16.7 Å². The van der Waals surface area contributed by atoms with Crippen molar-refractivity contribution in [2.45, 2.75) is 20.0 Å². The van der Waals surface area contributed by atoms with Gasteiger partial charge in [0.05, 0.1) is 6.10 Å². The number of hydrogen-bond acceptors (Lipinski definition) is 2. The molecule has 18 heavy (non-hydrogen) atoms. The molecular formula is C16H21NO.